The van der Waals surface area contributed by atoms with E-state index in [1.54, 1.807) is 0 Å². The molecule has 0 aromatic heterocycles. The van der Waals surface area contributed by atoms with E-state index in [1.165, 1.54) is 16.0 Å². The van der Waals surface area contributed by atoms with Gasteiger partial charge in [-0.3, -0.25) is 0 Å². The lowest BCUT2D eigenvalue weighted by Gasteiger charge is -2.42. The van der Waals surface area contributed by atoms with Gasteiger partial charge in [0.2, 0.25) is 0 Å². The van der Waals surface area contributed by atoms with Gasteiger partial charge in [0.15, 0.2) is 0 Å². The first-order valence-corrected chi connectivity index (χ1v) is 10.1. The molecule has 2 aromatic rings. The fourth-order valence-electron chi connectivity index (χ4n) is 3.96. The highest BCUT2D eigenvalue weighted by molar-refractivity contribution is 8.00. The first kappa shape index (κ1) is 19.0. The van der Waals surface area contributed by atoms with E-state index in [0.717, 1.165) is 18.4 Å². The molecular formula is C23H28O2S. The maximum Gasteiger partial charge on any atom is 0.343 e. The van der Waals surface area contributed by atoms with E-state index in [-0.39, 0.29) is 16.1 Å². The predicted molar refractivity (Wildman–Crippen MR) is 110 cm³/mol. The normalized spacial score (nSPS) is 17.5. The van der Waals surface area contributed by atoms with Crippen LogP contribution >= 0.6 is 11.8 Å². The Labute approximate surface area is 161 Å². The largest absolute Gasteiger partial charge is 0.423 e. The van der Waals surface area contributed by atoms with Crippen LogP contribution < -0.4 is 4.74 Å². The first-order chi connectivity index (χ1) is 12.1. The van der Waals surface area contributed by atoms with E-state index >= 15 is 0 Å². The molecule has 1 aliphatic rings. The molecule has 0 saturated carbocycles. The molecule has 0 aliphatic carbocycles. The van der Waals surface area contributed by atoms with Crippen LogP contribution in [0.5, 0.6) is 5.75 Å². The smallest absolute Gasteiger partial charge is 0.343 e. The van der Waals surface area contributed by atoms with Gasteiger partial charge in [-0.15, -0.1) is 11.8 Å². The van der Waals surface area contributed by atoms with Crippen LogP contribution in [0.3, 0.4) is 0 Å². The molecule has 2 nitrogen and oxygen atoms in total. The van der Waals surface area contributed by atoms with Crippen LogP contribution in [0, 0.1) is 6.92 Å². The number of carbonyl (C=O) groups is 1. The number of ether oxygens (including phenoxy) is 1. The van der Waals surface area contributed by atoms with Crippen molar-refractivity contribution in [3.05, 3.63) is 58.7 Å². The summed E-state index contributed by atoms with van der Waals surface area (Å²) in [4.78, 5) is 14.1. The Kier molecular flexibility index (Phi) is 4.96. The Hall–Kier alpha value is -1.74. The number of fused-ring (bicyclic) bond motifs is 1. The van der Waals surface area contributed by atoms with E-state index in [1.807, 2.05) is 43.0 Å². The summed E-state index contributed by atoms with van der Waals surface area (Å²) in [6, 6.07) is 11.9. The van der Waals surface area contributed by atoms with E-state index in [4.69, 9.17) is 4.74 Å². The molecule has 138 valence electrons. The monoisotopic (exact) mass is 368 g/mol. The summed E-state index contributed by atoms with van der Waals surface area (Å²) in [5, 5.41) is 0. The Bertz CT molecular complexity index is 832. The highest BCUT2D eigenvalue weighted by Gasteiger charge is 2.38. The van der Waals surface area contributed by atoms with E-state index in [9.17, 15) is 4.79 Å². The SMILES string of the molecule is CCc1ccc(OC(=O)c2cc3c(cc2C)SC(C)(C)CC3(C)C)cc1. The molecule has 3 heteroatoms. The van der Waals surface area contributed by atoms with Gasteiger partial charge >= 0.3 is 5.97 Å². The molecule has 0 saturated heterocycles. The lowest BCUT2D eigenvalue weighted by Crippen LogP contribution is -2.34. The molecule has 0 atom stereocenters. The van der Waals surface area contributed by atoms with E-state index < -0.39 is 0 Å². The average molecular weight is 369 g/mol. The summed E-state index contributed by atoms with van der Waals surface area (Å²) in [6.07, 6.45) is 2.05. The quantitative estimate of drug-likeness (QED) is 0.468. The summed E-state index contributed by atoms with van der Waals surface area (Å²) < 4.78 is 5.84. The van der Waals surface area contributed by atoms with Crippen molar-refractivity contribution >= 4 is 17.7 Å². The molecule has 0 fully saturated rings. The lowest BCUT2D eigenvalue weighted by molar-refractivity contribution is 0.0733. The van der Waals surface area contributed by atoms with Gasteiger partial charge in [0.05, 0.1) is 5.56 Å². The Morgan fingerprint density at radius 1 is 1.12 bits per heavy atom. The number of benzene rings is 2. The van der Waals surface area contributed by atoms with Crippen molar-refractivity contribution in [1.29, 1.82) is 0 Å². The Morgan fingerprint density at radius 3 is 2.38 bits per heavy atom. The van der Waals surface area contributed by atoms with Crippen molar-refractivity contribution in [3.8, 4) is 5.75 Å². The fraction of sp³-hybridized carbons (Fsp3) is 0.435. The van der Waals surface area contributed by atoms with Gasteiger partial charge in [-0.2, -0.15) is 0 Å². The second kappa shape index (κ2) is 6.77. The van der Waals surface area contributed by atoms with Crippen LogP contribution in [-0.2, 0) is 11.8 Å². The van der Waals surface area contributed by atoms with Gasteiger partial charge < -0.3 is 4.74 Å². The van der Waals surface area contributed by atoms with Crippen LogP contribution in [0.25, 0.3) is 0 Å². The van der Waals surface area contributed by atoms with Crippen LogP contribution in [0.4, 0.5) is 0 Å². The topological polar surface area (TPSA) is 26.3 Å². The molecule has 0 N–H and O–H groups in total. The van der Waals surface area contributed by atoms with Gasteiger partial charge in [0.25, 0.3) is 0 Å². The molecular weight excluding hydrogens is 340 g/mol. The number of esters is 1. The second-order valence-corrected chi connectivity index (χ2v) is 10.2. The van der Waals surface area contributed by atoms with E-state index in [2.05, 4.69) is 46.8 Å². The minimum Gasteiger partial charge on any atom is -0.423 e. The highest BCUT2D eigenvalue weighted by Crippen LogP contribution is 2.51. The number of hydrogen-bond donors (Lipinski definition) is 0. The molecule has 0 spiro atoms. The standard InChI is InChI=1S/C23H28O2S/c1-7-16-8-10-17(11-9-16)25-21(24)18-13-19-20(12-15(18)2)26-23(5,6)14-22(19,3)4/h8-13H,7,14H2,1-6H3. The van der Waals surface area contributed by atoms with Crippen LogP contribution in [0.2, 0.25) is 0 Å². The zero-order valence-electron chi connectivity index (χ0n) is 16.6. The first-order valence-electron chi connectivity index (χ1n) is 9.26. The van der Waals surface area contributed by atoms with E-state index in [0.29, 0.717) is 11.3 Å². The molecule has 1 aliphatic heterocycles. The summed E-state index contributed by atoms with van der Waals surface area (Å²) >= 11 is 1.91. The van der Waals surface area contributed by atoms with Crippen molar-refractivity contribution < 1.29 is 9.53 Å². The third-order valence-electron chi connectivity index (χ3n) is 5.07. The molecule has 0 bridgehead atoms. The zero-order valence-corrected chi connectivity index (χ0v) is 17.4. The molecule has 3 rings (SSSR count). The molecule has 26 heavy (non-hydrogen) atoms. The van der Waals surface area contributed by atoms with Crippen LogP contribution in [0.15, 0.2) is 41.3 Å². The number of carbonyl (C=O) groups excluding carboxylic acids is 1. The molecule has 0 radical (unpaired) electrons. The number of aryl methyl sites for hydroxylation is 2. The summed E-state index contributed by atoms with van der Waals surface area (Å²) in [5.41, 5.74) is 4.16. The van der Waals surface area contributed by atoms with Gasteiger partial charge in [-0.25, -0.2) is 4.79 Å². The van der Waals surface area contributed by atoms with Gasteiger partial charge in [-0.05, 0) is 66.1 Å². The van der Waals surface area contributed by atoms with Crippen LogP contribution in [-0.4, -0.2) is 10.7 Å². The third kappa shape index (κ3) is 3.83. The summed E-state index contributed by atoms with van der Waals surface area (Å²) in [5.74, 6) is 0.319. The van der Waals surface area contributed by atoms with Crippen molar-refractivity contribution in [2.24, 2.45) is 0 Å². The Balaban J connectivity index is 1.92. The number of thioether (sulfide) groups is 1. The Morgan fingerprint density at radius 2 is 1.77 bits per heavy atom. The number of rotatable bonds is 3. The predicted octanol–water partition coefficient (Wildman–Crippen LogP) is 6.33. The highest BCUT2D eigenvalue weighted by atomic mass is 32.2. The average Bonchev–Trinajstić information content (AvgIpc) is 2.53. The van der Waals surface area contributed by atoms with Crippen molar-refractivity contribution in [2.45, 2.75) is 69.4 Å². The second-order valence-electron chi connectivity index (χ2n) is 8.47. The zero-order chi connectivity index (χ0) is 19.1. The van der Waals surface area contributed by atoms with Gasteiger partial charge in [-0.1, -0.05) is 46.8 Å². The van der Waals surface area contributed by atoms with Crippen molar-refractivity contribution in [2.75, 3.05) is 0 Å². The van der Waals surface area contributed by atoms with Crippen LogP contribution in [0.1, 0.15) is 68.1 Å². The number of hydrogen-bond acceptors (Lipinski definition) is 3. The fourth-order valence-corrected chi connectivity index (χ4v) is 5.67. The maximum absolute atomic E-state index is 12.8. The van der Waals surface area contributed by atoms with Gasteiger partial charge in [0, 0.05) is 9.64 Å². The van der Waals surface area contributed by atoms with Gasteiger partial charge in [0.1, 0.15) is 5.75 Å². The minimum atomic E-state index is -0.278. The molecule has 0 amide bonds. The molecule has 2 aromatic carbocycles. The summed E-state index contributed by atoms with van der Waals surface area (Å²) in [7, 11) is 0. The molecule has 1 heterocycles. The third-order valence-corrected chi connectivity index (χ3v) is 6.33. The van der Waals surface area contributed by atoms with Crippen molar-refractivity contribution in [3.63, 3.8) is 0 Å². The maximum atomic E-state index is 12.8. The summed E-state index contributed by atoms with van der Waals surface area (Å²) in [6.45, 7) is 13.2. The lowest BCUT2D eigenvalue weighted by atomic mass is 9.76. The molecule has 0 unspecified atom stereocenters. The van der Waals surface area contributed by atoms with Crippen molar-refractivity contribution in [1.82, 2.24) is 0 Å². The minimum absolute atomic E-state index is 0.0373.